The van der Waals surface area contributed by atoms with E-state index in [2.05, 4.69) is 15.9 Å². The Kier molecular flexibility index (Phi) is 4.37. The summed E-state index contributed by atoms with van der Waals surface area (Å²) >= 11 is 4.95. The lowest BCUT2D eigenvalue weighted by Gasteiger charge is -2.05. The maximum atomic E-state index is 13.1. The van der Waals surface area contributed by atoms with Crippen LogP contribution >= 0.6 is 27.3 Å². The van der Waals surface area contributed by atoms with E-state index < -0.39 is 10.1 Å². The van der Waals surface area contributed by atoms with Gasteiger partial charge in [-0.3, -0.25) is 4.55 Å². The molecule has 1 aromatic heterocycles. The summed E-state index contributed by atoms with van der Waals surface area (Å²) in [5.74, 6) is -0.302. The first kappa shape index (κ1) is 16.3. The molecule has 0 atom stereocenters. The molecule has 3 rings (SSSR count). The Morgan fingerprint density at radius 3 is 2.09 bits per heavy atom. The normalized spacial score (nSPS) is 11.6. The summed E-state index contributed by atoms with van der Waals surface area (Å²) in [5, 5.41) is 0. The summed E-state index contributed by atoms with van der Waals surface area (Å²) in [4.78, 5) is 0.787. The Morgan fingerprint density at radius 1 is 0.957 bits per heavy atom. The molecule has 0 spiro atoms. The SMILES string of the molecule is O=S(=O)(O)c1ccc(-c2cc(Br)sc2-c2ccc(F)cc2)cc1. The summed E-state index contributed by atoms with van der Waals surface area (Å²) in [6.45, 7) is 0. The summed E-state index contributed by atoms with van der Waals surface area (Å²) in [6, 6.07) is 14.1. The first-order valence-corrected chi connectivity index (χ1v) is 9.53. The smallest absolute Gasteiger partial charge is 0.282 e. The van der Waals surface area contributed by atoms with Crippen LogP contribution in [0.25, 0.3) is 21.6 Å². The molecule has 1 heterocycles. The molecule has 0 saturated carbocycles. The predicted octanol–water partition coefficient (Wildman–Crippen LogP) is 5.23. The van der Waals surface area contributed by atoms with Crippen LogP contribution in [0, 0.1) is 5.82 Å². The lowest BCUT2D eigenvalue weighted by atomic mass is 10.0. The van der Waals surface area contributed by atoms with Gasteiger partial charge in [0.15, 0.2) is 0 Å². The molecule has 1 N–H and O–H groups in total. The van der Waals surface area contributed by atoms with Gasteiger partial charge in [-0.15, -0.1) is 11.3 Å². The molecule has 0 aliphatic rings. The second-order valence-electron chi connectivity index (χ2n) is 4.80. The lowest BCUT2D eigenvalue weighted by Crippen LogP contribution is -1.97. The van der Waals surface area contributed by atoms with Crippen LogP contribution in [0.15, 0.2) is 63.3 Å². The highest BCUT2D eigenvalue weighted by Crippen LogP contribution is 2.41. The van der Waals surface area contributed by atoms with Crippen molar-refractivity contribution < 1.29 is 17.4 Å². The molecule has 23 heavy (non-hydrogen) atoms. The third kappa shape index (κ3) is 3.53. The average molecular weight is 413 g/mol. The minimum Gasteiger partial charge on any atom is -0.282 e. The van der Waals surface area contributed by atoms with Gasteiger partial charge in [0.2, 0.25) is 0 Å². The van der Waals surface area contributed by atoms with E-state index >= 15 is 0 Å². The number of thiophene rings is 1. The third-order valence-corrected chi connectivity index (χ3v) is 5.83. The number of halogens is 2. The number of benzene rings is 2. The number of hydrogen-bond donors (Lipinski definition) is 1. The Labute approximate surface area is 145 Å². The molecule has 2 aromatic carbocycles. The van der Waals surface area contributed by atoms with Crippen molar-refractivity contribution in [2.75, 3.05) is 0 Å². The molecule has 0 saturated heterocycles. The van der Waals surface area contributed by atoms with E-state index in [4.69, 9.17) is 4.55 Å². The van der Waals surface area contributed by atoms with Crippen LogP contribution in [0.5, 0.6) is 0 Å². The molecule has 0 amide bonds. The van der Waals surface area contributed by atoms with Gasteiger partial charge in [-0.05, 0) is 57.4 Å². The summed E-state index contributed by atoms with van der Waals surface area (Å²) in [5.41, 5.74) is 2.57. The molecule has 118 valence electrons. The molecule has 7 heteroatoms. The van der Waals surface area contributed by atoms with Crippen molar-refractivity contribution in [3.05, 3.63) is 64.2 Å². The van der Waals surface area contributed by atoms with Gasteiger partial charge in [0.1, 0.15) is 5.82 Å². The van der Waals surface area contributed by atoms with Gasteiger partial charge in [0.25, 0.3) is 10.1 Å². The van der Waals surface area contributed by atoms with Crippen molar-refractivity contribution in [1.29, 1.82) is 0 Å². The van der Waals surface area contributed by atoms with E-state index in [1.165, 1.54) is 35.6 Å². The fourth-order valence-electron chi connectivity index (χ4n) is 2.20. The minimum atomic E-state index is -4.21. The van der Waals surface area contributed by atoms with Gasteiger partial charge in [0, 0.05) is 10.4 Å². The zero-order valence-corrected chi connectivity index (χ0v) is 14.8. The van der Waals surface area contributed by atoms with Gasteiger partial charge in [-0.1, -0.05) is 24.3 Å². The van der Waals surface area contributed by atoms with Crippen molar-refractivity contribution >= 4 is 37.4 Å². The fourth-order valence-corrected chi connectivity index (χ4v) is 4.30. The second-order valence-corrected chi connectivity index (χ2v) is 8.65. The lowest BCUT2D eigenvalue weighted by molar-refractivity contribution is 0.483. The average Bonchev–Trinajstić information content (AvgIpc) is 2.89. The second kappa shape index (κ2) is 6.16. The van der Waals surface area contributed by atoms with Crippen LogP contribution in [0.3, 0.4) is 0 Å². The number of rotatable bonds is 3. The first-order valence-electron chi connectivity index (χ1n) is 6.48. The van der Waals surface area contributed by atoms with Crippen LogP contribution in [0.4, 0.5) is 4.39 Å². The highest BCUT2D eigenvalue weighted by molar-refractivity contribution is 9.11. The van der Waals surface area contributed by atoms with Crippen LogP contribution < -0.4 is 0 Å². The van der Waals surface area contributed by atoms with Gasteiger partial charge in [-0.2, -0.15) is 8.42 Å². The zero-order chi connectivity index (χ0) is 16.6. The first-order chi connectivity index (χ1) is 10.8. The Balaban J connectivity index is 2.09. The predicted molar refractivity (Wildman–Crippen MR) is 92.7 cm³/mol. The van der Waals surface area contributed by atoms with E-state index in [9.17, 15) is 12.8 Å². The monoisotopic (exact) mass is 412 g/mol. The van der Waals surface area contributed by atoms with E-state index in [-0.39, 0.29) is 10.7 Å². The molecule has 0 aliphatic carbocycles. The largest absolute Gasteiger partial charge is 0.294 e. The quantitative estimate of drug-likeness (QED) is 0.599. The van der Waals surface area contributed by atoms with Gasteiger partial charge >= 0.3 is 0 Å². The summed E-state index contributed by atoms with van der Waals surface area (Å²) in [7, 11) is -4.21. The van der Waals surface area contributed by atoms with Crippen molar-refractivity contribution in [2.24, 2.45) is 0 Å². The van der Waals surface area contributed by atoms with Crippen LogP contribution in [-0.2, 0) is 10.1 Å². The molecule has 0 radical (unpaired) electrons. The highest BCUT2D eigenvalue weighted by atomic mass is 79.9. The summed E-state index contributed by atoms with van der Waals surface area (Å²) in [6.07, 6.45) is 0. The van der Waals surface area contributed by atoms with Crippen LogP contribution in [0.2, 0.25) is 0 Å². The summed E-state index contributed by atoms with van der Waals surface area (Å²) < 4.78 is 45.3. The van der Waals surface area contributed by atoms with E-state index in [1.807, 2.05) is 6.07 Å². The topological polar surface area (TPSA) is 54.4 Å². The molecular formula is C16H10BrFO3S2. The van der Waals surface area contributed by atoms with Crippen molar-refractivity contribution in [1.82, 2.24) is 0 Å². The van der Waals surface area contributed by atoms with Crippen molar-refractivity contribution in [2.45, 2.75) is 4.90 Å². The van der Waals surface area contributed by atoms with E-state index in [0.29, 0.717) is 0 Å². The third-order valence-electron chi connectivity index (χ3n) is 3.27. The molecule has 0 bridgehead atoms. The fraction of sp³-hybridized carbons (Fsp3) is 0. The molecule has 0 fully saturated rings. The van der Waals surface area contributed by atoms with Crippen LogP contribution in [-0.4, -0.2) is 13.0 Å². The van der Waals surface area contributed by atoms with Crippen LogP contribution in [0.1, 0.15) is 0 Å². The van der Waals surface area contributed by atoms with E-state index in [0.717, 1.165) is 25.4 Å². The molecule has 3 aromatic rings. The molecule has 0 unspecified atom stereocenters. The molecule has 0 aliphatic heterocycles. The molecular weight excluding hydrogens is 403 g/mol. The van der Waals surface area contributed by atoms with Crippen molar-refractivity contribution in [3.63, 3.8) is 0 Å². The van der Waals surface area contributed by atoms with Gasteiger partial charge in [0.05, 0.1) is 8.68 Å². The standard InChI is InChI=1S/C16H10BrFO3S2/c17-15-9-14(10-3-7-13(8-4-10)23(19,20)21)16(22-15)11-1-5-12(18)6-2-11/h1-9H,(H,19,20,21). The molecule has 3 nitrogen and oxygen atoms in total. The maximum Gasteiger partial charge on any atom is 0.294 e. The minimum absolute atomic E-state index is 0.154. The zero-order valence-electron chi connectivity index (χ0n) is 11.5. The Hall–Kier alpha value is -1.54. The van der Waals surface area contributed by atoms with E-state index in [1.54, 1.807) is 24.3 Å². The Bertz CT molecular complexity index is 946. The van der Waals surface area contributed by atoms with Gasteiger partial charge in [-0.25, -0.2) is 4.39 Å². The Morgan fingerprint density at radius 2 is 1.52 bits per heavy atom. The maximum absolute atomic E-state index is 13.1. The van der Waals surface area contributed by atoms with Gasteiger partial charge < -0.3 is 0 Å². The van der Waals surface area contributed by atoms with Crippen molar-refractivity contribution in [3.8, 4) is 21.6 Å². The highest BCUT2D eigenvalue weighted by Gasteiger charge is 2.14. The number of hydrogen-bond acceptors (Lipinski definition) is 3.